The zero-order valence-corrected chi connectivity index (χ0v) is 11.0. The monoisotopic (exact) mass is 258 g/mol. The fourth-order valence-electron chi connectivity index (χ4n) is 2.51. The smallest absolute Gasteiger partial charge is 0.236 e. The zero-order valence-electron chi connectivity index (χ0n) is 11.0. The van der Waals surface area contributed by atoms with E-state index >= 15 is 0 Å². The molecule has 1 aromatic rings. The maximum absolute atomic E-state index is 11.5. The van der Waals surface area contributed by atoms with E-state index in [0.29, 0.717) is 12.1 Å². The van der Waals surface area contributed by atoms with Crippen molar-refractivity contribution in [2.45, 2.75) is 19.0 Å². The topological polar surface area (TPSA) is 82.2 Å². The summed E-state index contributed by atoms with van der Waals surface area (Å²) in [6, 6.07) is 9.39. The highest BCUT2D eigenvalue weighted by atomic mass is 16.1. The fraction of sp³-hybridized carbons (Fsp3) is 0.429. The number of nitriles is 1. The summed E-state index contributed by atoms with van der Waals surface area (Å²) in [7, 11) is 0. The van der Waals surface area contributed by atoms with Gasteiger partial charge >= 0.3 is 0 Å². The number of amides is 1. The molecule has 1 aliphatic heterocycles. The average molecular weight is 258 g/mol. The summed E-state index contributed by atoms with van der Waals surface area (Å²) in [4.78, 5) is 13.6. The molecule has 0 bridgehead atoms. The predicted molar refractivity (Wildman–Crippen MR) is 72.1 cm³/mol. The van der Waals surface area contributed by atoms with Crippen LogP contribution in [0.15, 0.2) is 24.3 Å². The third kappa shape index (κ3) is 2.92. The molecule has 1 fully saturated rings. The molecular formula is C14H18N4O. The molecule has 2 atom stereocenters. The highest BCUT2D eigenvalue weighted by molar-refractivity contribution is 5.80. The molecule has 2 rings (SSSR count). The van der Waals surface area contributed by atoms with Crippen molar-refractivity contribution < 1.29 is 4.79 Å². The van der Waals surface area contributed by atoms with Gasteiger partial charge in [-0.3, -0.25) is 9.69 Å². The van der Waals surface area contributed by atoms with Gasteiger partial charge < -0.3 is 11.1 Å². The summed E-state index contributed by atoms with van der Waals surface area (Å²) in [5.74, 6) is -0.310. The van der Waals surface area contributed by atoms with E-state index in [-0.39, 0.29) is 18.0 Å². The normalized spacial score (nSPS) is 21.6. The molecule has 5 heteroatoms. The van der Waals surface area contributed by atoms with Gasteiger partial charge in [0.2, 0.25) is 5.91 Å². The van der Waals surface area contributed by atoms with Crippen LogP contribution in [-0.4, -0.2) is 36.5 Å². The highest BCUT2D eigenvalue weighted by Gasteiger charge is 2.30. The number of benzene rings is 1. The van der Waals surface area contributed by atoms with Crippen LogP contribution in [0.25, 0.3) is 0 Å². The number of carbonyl (C=O) groups is 1. The minimum Gasteiger partial charge on any atom is -0.368 e. The minimum atomic E-state index is -0.310. The number of rotatable bonds is 3. The van der Waals surface area contributed by atoms with Crippen molar-refractivity contribution in [2.75, 3.05) is 19.6 Å². The summed E-state index contributed by atoms with van der Waals surface area (Å²) >= 11 is 0. The number of nitrogens with two attached hydrogens (primary N) is 1. The van der Waals surface area contributed by atoms with Gasteiger partial charge in [-0.2, -0.15) is 5.26 Å². The Morgan fingerprint density at radius 2 is 2.42 bits per heavy atom. The third-order valence-electron chi connectivity index (χ3n) is 3.61. The Kier molecular flexibility index (Phi) is 4.15. The lowest BCUT2D eigenvalue weighted by Crippen LogP contribution is -2.57. The van der Waals surface area contributed by atoms with Crippen molar-refractivity contribution >= 4 is 5.91 Å². The lowest BCUT2D eigenvalue weighted by atomic mass is 10.0. The van der Waals surface area contributed by atoms with Gasteiger partial charge in [-0.15, -0.1) is 0 Å². The quantitative estimate of drug-likeness (QED) is 0.821. The van der Waals surface area contributed by atoms with Gasteiger partial charge in [-0.1, -0.05) is 12.1 Å². The number of carbonyl (C=O) groups excluding carboxylic acids is 1. The first-order valence-corrected chi connectivity index (χ1v) is 6.39. The van der Waals surface area contributed by atoms with E-state index in [1.165, 1.54) is 0 Å². The van der Waals surface area contributed by atoms with E-state index in [1.807, 2.05) is 25.1 Å². The molecular weight excluding hydrogens is 240 g/mol. The van der Waals surface area contributed by atoms with Crippen LogP contribution >= 0.6 is 0 Å². The van der Waals surface area contributed by atoms with Crippen LogP contribution in [0.1, 0.15) is 24.1 Å². The molecule has 1 aromatic carbocycles. The van der Waals surface area contributed by atoms with Gasteiger partial charge in [0.1, 0.15) is 6.04 Å². The van der Waals surface area contributed by atoms with E-state index in [0.717, 1.165) is 18.7 Å². The Hall–Kier alpha value is -1.90. The van der Waals surface area contributed by atoms with Crippen LogP contribution in [-0.2, 0) is 4.79 Å². The zero-order chi connectivity index (χ0) is 13.8. The Balaban J connectivity index is 2.23. The number of hydrogen-bond acceptors (Lipinski definition) is 4. The molecule has 0 saturated carbocycles. The third-order valence-corrected chi connectivity index (χ3v) is 3.61. The van der Waals surface area contributed by atoms with Crippen molar-refractivity contribution in [3.63, 3.8) is 0 Å². The Bertz CT molecular complexity index is 508. The molecule has 19 heavy (non-hydrogen) atoms. The Morgan fingerprint density at radius 1 is 1.63 bits per heavy atom. The van der Waals surface area contributed by atoms with Gasteiger partial charge in [-0.25, -0.2) is 0 Å². The molecule has 1 amide bonds. The van der Waals surface area contributed by atoms with Gasteiger partial charge in [0.15, 0.2) is 0 Å². The molecule has 100 valence electrons. The van der Waals surface area contributed by atoms with E-state index in [1.54, 1.807) is 6.07 Å². The highest BCUT2D eigenvalue weighted by Crippen LogP contribution is 2.24. The van der Waals surface area contributed by atoms with Crippen LogP contribution in [0.4, 0.5) is 0 Å². The largest absolute Gasteiger partial charge is 0.368 e. The lowest BCUT2D eigenvalue weighted by molar-refractivity contribution is -0.124. The molecule has 5 nitrogen and oxygen atoms in total. The maximum Gasteiger partial charge on any atom is 0.236 e. The van der Waals surface area contributed by atoms with Gasteiger partial charge in [0, 0.05) is 25.7 Å². The second kappa shape index (κ2) is 5.83. The van der Waals surface area contributed by atoms with Gasteiger partial charge in [0.05, 0.1) is 11.6 Å². The molecule has 2 unspecified atom stereocenters. The first-order valence-electron chi connectivity index (χ1n) is 6.39. The van der Waals surface area contributed by atoms with Crippen LogP contribution in [0.5, 0.6) is 0 Å². The molecule has 1 aliphatic rings. The molecule has 3 N–H and O–H groups in total. The summed E-state index contributed by atoms with van der Waals surface area (Å²) < 4.78 is 0. The van der Waals surface area contributed by atoms with Crippen molar-refractivity contribution in [2.24, 2.45) is 5.73 Å². The molecule has 1 saturated heterocycles. The Morgan fingerprint density at radius 3 is 3.11 bits per heavy atom. The second-order valence-corrected chi connectivity index (χ2v) is 4.77. The van der Waals surface area contributed by atoms with Crippen LogP contribution in [0.3, 0.4) is 0 Å². The van der Waals surface area contributed by atoms with Gasteiger partial charge in [0.25, 0.3) is 0 Å². The first kappa shape index (κ1) is 13.5. The van der Waals surface area contributed by atoms with Crippen molar-refractivity contribution in [1.29, 1.82) is 5.26 Å². The number of hydrogen-bond donors (Lipinski definition) is 2. The first-order chi connectivity index (χ1) is 9.13. The van der Waals surface area contributed by atoms with E-state index in [2.05, 4.69) is 16.3 Å². The maximum atomic E-state index is 11.5. The number of piperazine rings is 1. The average Bonchev–Trinajstić information content (AvgIpc) is 2.46. The van der Waals surface area contributed by atoms with E-state index in [4.69, 9.17) is 11.0 Å². The number of nitrogens with one attached hydrogen (secondary N) is 1. The molecule has 0 aromatic heterocycles. The van der Waals surface area contributed by atoms with Crippen molar-refractivity contribution in [1.82, 2.24) is 10.2 Å². The second-order valence-electron chi connectivity index (χ2n) is 4.77. The van der Waals surface area contributed by atoms with Crippen molar-refractivity contribution in [3.8, 4) is 6.07 Å². The van der Waals surface area contributed by atoms with Crippen LogP contribution < -0.4 is 11.1 Å². The summed E-state index contributed by atoms with van der Waals surface area (Å²) in [5.41, 5.74) is 7.13. The molecule has 0 radical (unpaired) electrons. The van der Waals surface area contributed by atoms with Crippen molar-refractivity contribution in [3.05, 3.63) is 35.4 Å². The molecule has 0 aliphatic carbocycles. The van der Waals surface area contributed by atoms with Crippen LogP contribution in [0, 0.1) is 11.3 Å². The minimum absolute atomic E-state index is 0.0629. The lowest BCUT2D eigenvalue weighted by Gasteiger charge is -2.38. The molecule has 0 spiro atoms. The summed E-state index contributed by atoms with van der Waals surface area (Å²) in [6.45, 7) is 4.23. The van der Waals surface area contributed by atoms with E-state index in [9.17, 15) is 4.79 Å². The van der Waals surface area contributed by atoms with Crippen LogP contribution in [0.2, 0.25) is 0 Å². The standard InChI is InChI=1S/C14H18N4O/c1-10(12-4-2-3-11(7-12)8-15)18-6-5-17-9-13(18)14(16)19/h2-4,7,10,13,17H,5-6,9H2,1H3,(H2,16,19). The SMILES string of the molecule is CC(c1cccc(C#N)c1)N1CCNCC1C(N)=O. The van der Waals surface area contributed by atoms with Gasteiger partial charge in [-0.05, 0) is 24.6 Å². The number of nitrogens with zero attached hydrogens (tertiary/aromatic N) is 2. The number of primary amides is 1. The predicted octanol–water partition coefficient (Wildman–Crippen LogP) is 0.378. The molecule has 1 heterocycles. The fourth-order valence-corrected chi connectivity index (χ4v) is 2.51. The van der Waals surface area contributed by atoms with E-state index < -0.39 is 0 Å². The Labute approximate surface area is 113 Å². The summed E-state index contributed by atoms with van der Waals surface area (Å²) in [5, 5.41) is 12.1. The summed E-state index contributed by atoms with van der Waals surface area (Å²) in [6.07, 6.45) is 0.